The first-order valence-electron chi connectivity index (χ1n) is 5.67. The molecule has 0 atom stereocenters. The number of benzene rings is 1. The summed E-state index contributed by atoms with van der Waals surface area (Å²) in [5.41, 5.74) is 1.46. The van der Waals surface area contributed by atoms with Crippen molar-refractivity contribution < 1.29 is 9.90 Å². The Morgan fingerprint density at radius 3 is 2.55 bits per heavy atom. The number of carbonyl (C=O) groups is 1. The number of halogens is 1. The summed E-state index contributed by atoms with van der Waals surface area (Å²) < 4.78 is 0.955. The summed E-state index contributed by atoms with van der Waals surface area (Å²) in [6.07, 6.45) is 3.33. The van der Waals surface area contributed by atoms with E-state index in [9.17, 15) is 9.90 Å². The van der Waals surface area contributed by atoms with Crippen LogP contribution in [-0.2, 0) is 0 Å². The van der Waals surface area contributed by atoms with Gasteiger partial charge >= 0.3 is 5.97 Å². The topological polar surface area (TPSA) is 62.2 Å². The molecule has 6 heteroatoms. The molecule has 0 fully saturated rings. The van der Waals surface area contributed by atoms with Crippen molar-refractivity contribution in [2.24, 2.45) is 0 Å². The molecule has 102 valence electrons. The second-order valence-corrected chi connectivity index (χ2v) is 5.02. The van der Waals surface area contributed by atoms with E-state index in [0.717, 1.165) is 15.8 Å². The van der Waals surface area contributed by atoms with Gasteiger partial charge in [0.1, 0.15) is 4.88 Å². The molecule has 1 aromatic carbocycles. The van der Waals surface area contributed by atoms with Crippen LogP contribution in [-0.4, -0.2) is 16.1 Å². The molecule has 2 N–H and O–H groups in total. The molecular formula is C14H11ClN2O2S. The standard InChI is InChI=1S/C14H10N2O2S.ClH/c17-14(18)13-12(16-9-5-7-15-8-6-9)10-3-1-2-4-11(10)19-13;/h1-8H,(H,15,16)(H,17,18);1H. The van der Waals surface area contributed by atoms with Crippen LogP contribution in [0.25, 0.3) is 10.1 Å². The Morgan fingerprint density at radius 1 is 1.15 bits per heavy atom. The van der Waals surface area contributed by atoms with Gasteiger partial charge in [0, 0.05) is 28.2 Å². The Morgan fingerprint density at radius 2 is 1.85 bits per heavy atom. The highest BCUT2D eigenvalue weighted by atomic mass is 35.5. The van der Waals surface area contributed by atoms with Gasteiger partial charge in [-0.3, -0.25) is 4.98 Å². The molecule has 2 aromatic heterocycles. The van der Waals surface area contributed by atoms with Gasteiger partial charge < -0.3 is 10.4 Å². The van der Waals surface area contributed by atoms with E-state index in [0.29, 0.717) is 10.6 Å². The molecule has 0 aliphatic carbocycles. The summed E-state index contributed by atoms with van der Waals surface area (Å²) in [5, 5.41) is 13.4. The SMILES string of the molecule is Cl.O=C(O)c1sc2ccccc2c1Nc1ccncc1. The second kappa shape index (κ2) is 5.90. The molecule has 3 rings (SSSR count). The van der Waals surface area contributed by atoms with Gasteiger partial charge in [-0.2, -0.15) is 0 Å². The minimum atomic E-state index is -0.919. The number of aromatic carboxylic acids is 1. The zero-order valence-corrected chi connectivity index (χ0v) is 11.9. The molecule has 0 radical (unpaired) electrons. The molecule has 0 aliphatic rings. The van der Waals surface area contributed by atoms with E-state index in [1.807, 2.05) is 24.3 Å². The van der Waals surface area contributed by atoms with Crippen molar-refractivity contribution in [3.63, 3.8) is 0 Å². The number of pyridine rings is 1. The highest BCUT2D eigenvalue weighted by molar-refractivity contribution is 7.21. The lowest BCUT2D eigenvalue weighted by Crippen LogP contribution is -1.98. The number of nitrogens with one attached hydrogen (secondary N) is 1. The van der Waals surface area contributed by atoms with Crippen LogP contribution in [0.3, 0.4) is 0 Å². The average Bonchev–Trinajstić information content (AvgIpc) is 2.79. The summed E-state index contributed by atoms with van der Waals surface area (Å²) in [5.74, 6) is -0.919. The lowest BCUT2D eigenvalue weighted by atomic mass is 10.2. The molecular weight excluding hydrogens is 296 g/mol. The van der Waals surface area contributed by atoms with Crippen molar-refractivity contribution in [1.82, 2.24) is 4.98 Å². The van der Waals surface area contributed by atoms with Crippen molar-refractivity contribution in [3.8, 4) is 0 Å². The van der Waals surface area contributed by atoms with Crippen LogP contribution in [0.5, 0.6) is 0 Å². The van der Waals surface area contributed by atoms with E-state index >= 15 is 0 Å². The third kappa shape index (κ3) is 2.59. The summed E-state index contributed by atoms with van der Waals surface area (Å²) in [4.78, 5) is 15.6. The average molecular weight is 307 g/mol. The van der Waals surface area contributed by atoms with Crippen LogP contribution >= 0.6 is 23.7 Å². The van der Waals surface area contributed by atoms with Gasteiger partial charge in [0.25, 0.3) is 0 Å². The highest BCUT2D eigenvalue weighted by Crippen LogP contribution is 2.37. The van der Waals surface area contributed by atoms with Crippen molar-refractivity contribution in [1.29, 1.82) is 0 Å². The monoisotopic (exact) mass is 306 g/mol. The number of anilines is 2. The molecule has 0 saturated carbocycles. The fourth-order valence-electron chi connectivity index (χ4n) is 1.90. The quantitative estimate of drug-likeness (QED) is 0.762. The van der Waals surface area contributed by atoms with Gasteiger partial charge in [-0.1, -0.05) is 18.2 Å². The van der Waals surface area contributed by atoms with Crippen LogP contribution in [0.15, 0.2) is 48.8 Å². The molecule has 0 aliphatic heterocycles. The van der Waals surface area contributed by atoms with E-state index in [1.54, 1.807) is 24.5 Å². The molecule has 20 heavy (non-hydrogen) atoms. The Balaban J connectivity index is 0.00000147. The van der Waals surface area contributed by atoms with Crippen molar-refractivity contribution >= 4 is 51.2 Å². The zero-order chi connectivity index (χ0) is 13.2. The molecule has 4 nitrogen and oxygen atoms in total. The summed E-state index contributed by atoms with van der Waals surface area (Å²) in [6.45, 7) is 0. The van der Waals surface area contributed by atoms with Crippen LogP contribution in [0.1, 0.15) is 9.67 Å². The van der Waals surface area contributed by atoms with Crippen LogP contribution in [0.4, 0.5) is 11.4 Å². The van der Waals surface area contributed by atoms with E-state index in [2.05, 4.69) is 10.3 Å². The van der Waals surface area contributed by atoms with E-state index in [4.69, 9.17) is 0 Å². The summed E-state index contributed by atoms with van der Waals surface area (Å²) in [6, 6.07) is 11.3. The molecule has 0 unspecified atom stereocenters. The first-order valence-corrected chi connectivity index (χ1v) is 6.49. The molecule has 0 saturated heterocycles. The Hall–Kier alpha value is -2.11. The maximum atomic E-state index is 11.3. The zero-order valence-electron chi connectivity index (χ0n) is 10.2. The lowest BCUT2D eigenvalue weighted by molar-refractivity contribution is 0.0703. The molecule has 0 bridgehead atoms. The fourth-order valence-corrected chi connectivity index (χ4v) is 2.90. The minimum absolute atomic E-state index is 0. The Bertz CT molecular complexity index is 743. The molecule has 3 aromatic rings. The van der Waals surface area contributed by atoms with Crippen molar-refractivity contribution in [3.05, 3.63) is 53.7 Å². The number of fused-ring (bicyclic) bond motifs is 1. The van der Waals surface area contributed by atoms with Gasteiger partial charge in [-0.05, 0) is 18.2 Å². The van der Waals surface area contributed by atoms with Gasteiger partial charge in [-0.25, -0.2) is 4.79 Å². The van der Waals surface area contributed by atoms with Gasteiger partial charge in [0.05, 0.1) is 5.69 Å². The molecule has 2 heterocycles. The highest BCUT2D eigenvalue weighted by Gasteiger charge is 2.17. The smallest absolute Gasteiger partial charge is 0.348 e. The number of hydrogen-bond donors (Lipinski definition) is 2. The van der Waals surface area contributed by atoms with Gasteiger partial charge in [-0.15, -0.1) is 23.7 Å². The lowest BCUT2D eigenvalue weighted by Gasteiger charge is -2.06. The number of carboxylic acid groups (broad SMARTS) is 1. The first-order chi connectivity index (χ1) is 9.25. The van der Waals surface area contributed by atoms with Gasteiger partial charge in [0.15, 0.2) is 0 Å². The first kappa shape index (κ1) is 14.3. The largest absolute Gasteiger partial charge is 0.477 e. The van der Waals surface area contributed by atoms with Crippen LogP contribution in [0.2, 0.25) is 0 Å². The Labute approximate surface area is 125 Å². The third-order valence-electron chi connectivity index (χ3n) is 2.74. The van der Waals surface area contributed by atoms with E-state index < -0.39 is 5.97 Å². The number of aromatic nitrogens is 1. The predicted molar refractivity (Wildman–Crippen MR) is 83.6 cm³/mol. The number of nitrogens with zero attached hydrogens (tertiary/aromatic N) is 1. The van der Waals surface area contributed by atoms with E-state index in [-0.39, 0.29) is 12.4 Å². The maximum absolute atomic E-state index is 11.3. The normalized spacial score (nSPS) is 10.0. The molecule has 0 amide bonds. The minimum Gasteiger partial charge on any atom is -0.477 e. The van der Waals surface area contributed by atoms with Crippen molar-refractivity contribution in [2.45, 2.75) is 0 Å². The van der Waals surface area contributed by atoms with Crippen LogP contribution in [0, 0.1) is 0 Å². The predicted octanol–water partition coefficient (Wildman–Crippen LogP) is 4.16. The summed E-state index contributed by atoms with van der Waals surface area (Å²) >= 11 is 1.27. The number of thiophene rings is 1. The number of rotatable bonds is 3. The van der Waals surface area contributed by atoms with Gasteiger partial charge in [0.2, 0.25) is 0 Å². The number of carboxylic acids is 1. The maximum Gasteiger partial charge on any atom is 0.348 e. The van der Waals surface area contributed by atoms with Crippen LogP contribution < -0.4 is 5.32 Å². The number of hydrogen-bond acceptors (Lipinski definition) is 4. The third-order valence-corrected chi connectivity index (χ3v) is 3.90. The van der Waals surface area contributed by atoms with E-state index in [1.165, 1.54) is 11.3 Å². The van der Waals surface area contributed by atoms with Crippen molar-refractivity contribution in [2.75, 3.05) is 5.32 Å². The Kier molecular flexibility index (Phi) is 4.22. The second-order valence-electron chi connectivity index (χ2n) is 3.97. The fraction of sp³-hybridized carbons (Fsp3) is 0. The summed E-state index contributed by atoms with van der Waals surface area (Å²) in [7, 11) is 0. The molecule has 0 spiro atoms.